The van der Waals surface area contributed by atoms with E-state index in [4.69, 9.17) is 15.3 Å². The van der Waals surface area contributed by atoms with Crippen LogP contribution in [-0.2, 0) is 0 Å². The topological polar surface area (TPSA) is 56.8 Å². The lowest BCUT2D eigenvalue weighted by molar-refractivity contribution is 0.286. The Morgan fingerprint density at radius 1 is 1.25 bits per heavy atom. The van der Waals surface area contributed by atoms with Gasteiger partial charge in [0.1, 0.15) is 17.7 Å². The Kier molecular flexibility index (Phi) is 6.19. The molecule has 0 aromatic heterocycles. The van der Waals surface area contributed by atoms with Gasteiger partial charge in [0, 0.05) is 0 Å². The Morgan fingerprint density at radius 2 is 1.95 bits per heavy atom. The van der Waals surface area contributed by atoms with Gasteiger partial charge in [0.15, 0.2) is 11.6 Å². The monoisotopic (exact) mass is 276 g/mol. The van der Waals surface area contributed by atoms with Gasteiger partial charge in [-0.25, -0.2) is 4.39 Å². The molecule has 0 saturated heterocycles. The fraction of sp³-hybridized carbons (Fsp3) is 0.333. The second kappa shape index (κ2) is 7.91. The molecule has 0 bridgehead atoms. The van der Waals surface area contributed by atoms with Gasteiger partial charge in [-0.05, 0) is 30.2 Å². The van der Waals surface area contributed by atoms with Gasteiger partial charge in [-0.2, -0.15) is 14.9 Å². The number of hydrogen-bond acceptors (Lipinski definition) is 3. The summed E-state index contributed by atoms with van der Waals surface area (Å²) < 4.78 is 32.2. The van der Waals surface area contributed by atoms with E-state index < -0.39 is 11.6 Å². The molecular formula is C15H14F2N2O. The van der Waals surface area contributed by atoms with Crippen LogP contribution < -0.4 is 4.74 Å². The number of allylic oxidation sites excluding steroid dienone is 1. The van der Waals surface area contributed by atoms with Gasteiger partial charge in [-0.1, -0.05) is 19.8 Å². The second-order valence-corrected chi connectivity index (χ2v) is 4.15. The Morgan fingerprint density at radius 3 is 2.55 bits per heavy atom. The molecule has 5 heteroatoms. The van der Waals surface area contributed by atoms with Crippen molar-refractivity contribution in [3.63, 3.8) is 0 Å². The minimum Gasteiger partial charge on any atom is -0.490 e. The molecule has 1 aromatic rings. The molecule has 0 atom stereocenters. The molecule has 3 nitrogen and oxygen atoms in total. The molecule has 0 saturated carbocycles. The molecule has 1 rings (SSSR count). The van der Waals surface area contributed by atoms with E-state index in [1.807, 2.05) is 6.92 Å². The maximum absolute atomic E-state index is 13.5. The highest BCUT2D eigenvalue weighted by Gasteiger charge is 2.11. The van der Waals surface area contributed by atoms with E-state index in [0.717, 1.165) is 25.3 Å². The van der Waals surface area contributed by atoms with Crippen molar-refractivity contribution in [2.45, 2.75) is 26.2 Å². The average Bonchev–Trinajstić information content (AvgIpc) is 2.45. The van der Waals surface area contributed by atoms with Gasteiger partial charge in [-0.3, -0.25) is 0 Å². The van der Waals surface area contributed by atoms with Gasteiger partial charge in [0.2, 0.25) is 5.82 Å². The highest BCUT2D eigenvalue weighted by Crippen LogP contribution is 2.24. The first-order valence-corrected chi connectivity index (χ1v) is 6.26. The summed E-state index contributed by atoms with van der Waals surface area (Å²) in [4.78, 5) is 0. The zero-order chi connectivity index (χ0) is 15.0. The van der Waals surface area contributed by atoms with Crippen LogP contribution in [-0.4, -0.2) is 6.61 Å². The summed E-state index contributed by atoms with van der Waals surface area (Å²) in [6.07, 6.45) is 3.87. The van der Waals surface area contributed by atoms with E-state index in [2.05, 4.69) is 0 Å². The lowest BCUT2D eigenvalue weighted by Crippen LogP contribution is -2.01. The van der Waals surface area contributed by atoms with Crippen molar-refractivity contribution in [3.8, 4) is 17.9 Å². The third-order valence-electron chi connectivity index (χ3n) is 2.57. The Hall–Kier alpha value is -2.40. The quantitative estimate of drug-likeness (QED) is 0.583. The van der Waals surface area contributed by atoms with Gasteiger partial charge < -0.3 is 4.74 Å². The molecule has 0 amide bonds. The van der Waals surface area contributed by atoms with Crippen molar-refractivity contribution >= 4 is 6.08 Å². The van der Waals surface area contributed by atoms with Crippen LogP contribution >= 0.6 is 0 Å². The number of ether oxygens (including phenoxy) is 1. The summed E-state index contributed by atoms with van der Waals surface area (Å²) >= 11 is 0. The maximum atomic E-state index is 13.5. The summed E-state index contributed by atoms with van der Waals surface area (Å²) in [6.45, 7) is 2.32. The van der Waals surface area contributed by atoms with E-state index in [1.54, 1.807) is 12.1 Å². The molecule has 0 aliphatic carbocycles. The van der Waals surface area contributed by atoms with Crippen LogP contribution in [0.15, 0.2) is 17.7 Å². The molecule has 0 radical (unpaired) electrons. The molecule has 104 valence electrons. The average molecular weight is 276 g/mol. The van der Waals surface area contributed by atoms with Crippen LogP contribution in [0, 0.1) is 34.3 Å². The fourth-order valence-electron chi connectivity index (χ4n) is 1.56. The smallest absolute Gasteiger partial charge is 0.200 e. The molecule has 0 aliphatic rings. The largest absolute Gasteiger partial charge is 0.490 e. The van der Waals surface area contributed by atoms with Crippen LogP contribution in [0.5, 0.6) is 5.75 Å². The minimum absolute atomic E-state index is 0.187. The minimum atomic E-state index is -1.07. The zero-order valence-electron chi connectivity index (χ0n) is 11.1. The predicted octanol–water partition coefficient (Wildman–Crippen LogP) is 3.96. The number of rotatable bonds is 6. The lowest BCUT2D eigenvalue weighted by atomic mass is 10.1. The molecule has 0 heterocycles. The molecule has 0 fully saturated rings. The van der Waals surface area contributed by atoms with Crippen molar-refractivity contribution in [2.75, 3.05) is 6.61 Å². The number of hydrogen-bond donors (Lipinski definition) is 0. The molecule has 20 heavy (non-hydrogen) atoms. The van der Waals surface area contributed by atoms with Crippen molar-refractivity contribution < 1.29 is 13.5 Å². The highest BCUT2D eigenvalue weighted by atomic mass is 19.2. The third-order valence-corrected chi connectivity index (χ3v) is 2.57. The van der Waals surface area contributed by atoms with Gasteiger partial charge >= 0.3 is 0 Å². The summed E-state index contributed by atoms with van der Waals surface area (Å²) in [5.74, 6) is -2.34. The lowest BCUT2D eigenvalue weighted by Gasteiger charge is -2.08. The Balaban J connectivity index is 2.96. The first-order chi connectivity index (χ1) is 9.62. The summed E-state index contributed by atoms with van der Waals surface area (Å²) in [7, 11) is 0. The second-order valence-electron chi connectivity index (χ2n) is 4.15. The molecule has 0 spiro atoms. The summed E-state index contributed by atoms with van der Waals surface area (Å²) in [6, 6.07) is 5.51. The molecule has 0 unspecified atom stereocenters. The summed E-state index contributed by atoms with van der Waals surface area (Å²) in [5.41, 5.74) is 0.0282. The first kappa shape index (κ1) is 15.7. The first-order valence-electron chi connectivity index (χ1n) is 6.26. The number of nitrogens with zero attached hydrogens (tertiary/aromatic N) is 2. The van der Waals surface area contributed by atoms with Crippen molar-refractivity contribution in [3.05, 3.63) is 34.9 Å². The van der Waals surface area contributed by atoms with Crippen LogP contribution in [0.3, 0.4) is 0 Å². The molecular weight excluding hydrogens is 262 g/mol. The van der Waals surface area contributed by atoms with Crippen molar-refractivity contribution in [2.24, 2.45) is 0 Å². The van der Waals surface area contributed by atoms with E-state index >= 15 is 0 Å². The van der Waals surface area contributed by atoms with Crippen molar-refractivity contribution in [1.82, 2.24) is 0 Å². The van der Waals surface area contributed by atoms with Crippen molar-refractivity contribution in [1.29, 1.82) is 10.5 Å². The van der Waals surface area contributed by atoms with E-state index in [-0.39, 0.29) is 16.9 Å². The van der Waals surface area contributed by atoms with E-state index in [9.17, 15) is 8.78 Å². The molecule has 0 N–H and O–H groups in total. The van der Waals surface area contributed by atoms with E-state index in [1.165, 1.54) is 12.1 Å². The van der Waals surface area contributed by atoms with Crippen LogP contribution in [0.4, 0.5) is 8.78 Å². The number of nitriles is 2. The Bertz CT molecular complexity index is 567. The van der Waals surface area contributed by atoms with Crippen LogP contribution in [0.1, 0.15) is 31.7 Å². The zero-order valence-corrected chi connectivity index (χ0v) is 11.1. The standard InChI is InChI=1S/C15H14F2N2O/c1-2-3-4-5-20-14-8-11(6-12(9-18)10-19)7-13(16)15(14)17/h6-8H,2-5H2,1H3. The fourth-order valence-corrected chi connectivity index (χ4v) is 1.56. The van der Waals surface area contributed by atoms with E-state index in [0.29, 0.717) is 6.61 Å². The third kappa shape index (κ3) is 4.37. The molecule has 1 aromatic carbocycles. The normalized spacial score (nSPS) is 9.45. The highest BCUT2D eigenvalue weighted by molar-refractivity contribution is 5.63. The number of benzene rings is 1. The SMILES string of the molecule is CCCCCOc1cc(C=C(C#N)C#N)cc(F)c1F. The maximum Gasteiger partial charge on any atom is 0.200 e. The Labute approximate surface area is 116 Å². The summed E-state index contributed by atoms with van der Waals surface area (Å²) in [5, 5.41) is 17.3. The molecule has 0 aliphatic heterocycles. The van der Waals surface area contributed by atoms with Gasteiger partial charge in [-0.15, -0.1) is 0 Å². The predicted molar refractivity (Wildman–Crippen MR) is 70.6 cm³/mol. The number of halogens is 2. The van der Waals surface area contributed by atoms with Crippen LogP contribution in [0.2, 0.25) is 0 Å². The van der Waals surface area contributed by atoms with Gasteiger partial charge in [0.25, 0.3) is 0 Å². The van der Waals surface area contributed by atoms with Gasteiger partial charge in [0.05, 0.1) is 6.61 Å². The number of unbranched alkanes of at least 4 members (excludes halogenated alkanes) is 2. The van der Waals surface area contributed by atoms with Crippen LogP contribution in [0.25, 0.3) is 6.08 Å².